The maximum atomic E-state index is 13.1. The number of Topliss-reactive ketones (excluding diaryl/α,β-unsaturated/α-hetero) is 1. The topological polar surface area (TPSA) is 52.6 Å². The van der Waals surface area contributed by atoms with E-state index >= 15 is 0 Å². The number of ether oxygens (including phenoxy) is 2. The molecule has 5 heteroatoms. The molecule has 0 aromatic heterocycles. The number of hydrogen-bond donors (Lipinski definition) is 0. The lowest BCUT2D eigenvalue weighted by atomic mass is 9.82. The Morgan fingerprint density at radius 1 is 1.25 bits per heavy atom. The van der Waals surface area contributed by atoms with Crippen molar-refractivity contribution >= 4 is 17.3 Å². The third-order valence-corrected chi connectivity index (χ3v) is 4.07. The van der Waals surface area contributed by atoms with Crippen molar-refractivity contribution in [3.8, 4) is 0 Å². The zero-order valence-corrected chi connectivity index (χ0v) is 13.4. The van der Waals surface area contributed by atoms with E-state index in [0.29, 0.717) is 23.3 Å². The van der Waals surface area contributed by atoms with E-state index in [1.54, 1.807) is 24.3 Å². The van der Waals surface area contributed by atoms with Gasteiger partial charge in [-0.1, -0.05) is 25.1 Å². The Morgan fingerprint density at radius 3 is 2.58 bits per heavy atom. The first kappa shape index (κ1) is 16.2. The number of carbonyl (C=O) groups is 2. The Kier molecular flexibility index (Phi) is 4.34. The molecule has 1 aromatic rings. The van der Waals surface area contributed by atoms with Crippen LogP contribution < -0.4 is 0 Å². The van der Waals surface area contributed by atoms with E-state index in [0.717, 1.165) is 5.57 Å². The summed E-state index contributed by atoms with van der Waals surface area (Å²) in [5, 5.41) is 0. The quantitative estimate of drug-likeness (QED) is 0.796. The molecule has 0 radical (unpaired) electrons. The lowest BCUT2D eigenvalue weighted by molar-refractivity contribution is -0.136. The van der Waals surface area contributed by atoms with Crippen molar-refractivity contribution in [3.63, 3.8) is 0 Å². The summed E-state index contributed by atoms with van der Waals surface area (Å²) in [6.45, 7) is 3.26. The zero-order valence-electron chi connectivity index (χ0n) is 13.4. The van der Waals surface area contributed by atoms with Crippen molar-refractivity contribution < 1.29 is 23.5 Å². The van der Waals surface area contributed by atoms with Crippen LogP contribution in [0, 0.1) is 11.7 Å². The first-order valence-electron chi connectivity index (χ1n) is 7.76. The summed E-state index contributed by atoms with van der Waals surface area (Å²) in [6, 6.07) is 5.72. The number of benzene rings is 1. The molecule has 0 bridgehead atoms. The van der Waals surface area contributed by atoms with Gasteiger partial charge in [0.2, 0.25) is 0 Å². The monoisotopic (exact) mass is 328 g/mol. The van der Waals surface area contributed by atoms with E-state index in [2.05, 4.69) is 0 Å². The maximum Gasteiger partial charge on any atom is 0.308 e. The number of hydrogen-bond acceptors (Lipinski definition) is 4. The molecule has 24 heavy (non-hydrogen) atoms. The predicted molar refractivity (Wildman–Crippen MR) is 86.0 cm³/mol. The van der Waals surface area contributed by atoms with Crippen molar-refractivity contribution in [2.24, 2.45) is 5.92 Å². The van der Waals surface area contributed by atoms with Crippen LogP contribution in [-0.4, -0.2) is 17.9 Å². The summed E-state index contributed by atoms with van der Waals surface area (Å²) in [7, 11) is 0. The molecule has 0 spiro atoms. The smallest absolute Gasteiger partial charge is 0.308 e. The minimum atomic E-state index is -0.508. The van der Waals surface area contributed by atoms with Gasteiger partial charge >= 0.3 is 5.97 Å². The lowest BCUT2D eigenvalue weighted by Crippen LogP contribution is -2.34. The Hall–Kier alpha value is -2.69. The van der Waals surface area contributed by atoms with Crippen LogP contribution in [0.4, 0.5) is 4.39 Å². The first-order valence-corrected chi connectivity index (χ1v) is 7.76. The highest BCUT2D eigenvalue weighted by molar-refractivity contribution is 6.23. The molecular formula is C19H17FO4. The van der Waals surface area contributed by atoms with Crippen molar-refractivity contribution in [2.75, 3.05) is 0 Å². The second-order valence-corrected chi connectivity index (χ2v) is 5.70. The van der Waals surface area contributed by atoms with Crippen LogP contribution in [0.25, 0.3) is 5.57 Å². The molecule has 1 aromatic carbocycles. The van der Waals surface area contributed by atoms with Crippen LogP contribution in [0.15, 0.2) is 54.0 Å². The van der Waals surface area contributed by atoms with E-state index in [-0.39, 0.29) is 11.6 Å². The molecule has 0 N–H and O–H groups in total. The fourth-order valence-corrected chi connectivity index (χ4v) is 2.87. The summed E-state index contributed by atoms with van der Waals surface area (Å²) in [4.78, 5) is 24.0. The van der Waals surface area contributed by atoms with Gasteiger partial charge in [-0.05, 0) is 29.7 Å². The number of halogens is 1. The Balaban J connectivity index is 1.93. The van der Waals surface area contributed by atoms with Gasteiger partial charge in [-0.2, -0.15) is 0 Å². The highest BCUT2D eigenvalue weighted by atomic mass is 19.1. The average molecular weight is 328 g/mol. The molecule has 4 nitrogen and oxygen atoms in total. The van der Waals surface area contributed by atoms with Crippen LogP contribution in [-0.2, 0) is 19.1 Å². The first-order chi connectivity index (χ1) is 11.5. The second-order valence-electron chi connectivity index (χ2n) is 5.70. The van der Waals surface area contributed by atoms with Gasteiger partial charge < -0.3 is 9.47 Å². The highest BCUT2D eigenvalue weighted by Crippen LogP contribution is 2.35. The molecule has 3 rings (SSSR count). The van der Waals surface area contributed by atoms with Gasteiger partial charge in [0.15, 0.2) is 5.78 Å². The van der Waals surface area contributed by atoms with Crippen LogP contribution in [0.2, 0.25) is 0 Å². The molecule has 2 atom stereocenters. The van der Waals surface area contributed by atoms with Crippen LogP contribution in [0.1, 0.15) is 25.8 Å². The molecule has 124 valence electrons. The summed E-state index contributed by atoms with van der Waals surface area (Å²) < 4.78 is 23.9. The largest absolute Gasteiger partial charge is 0.492 e. The standard InChI is InChI=1S/C19H17FO4/c1-3-12-8-15-18(9-17(12)24-11(2)21)23-10-16(19(15)22)13-4-6-14(20)7-5-13/h4-10,15,18H,3H2,1-2H3/t15-,18+/m0/s1. The number of allylic oxidation sites excluding steroid dienone is 2. The van der Waals surface area contributed by atoms with Gasteiger partial charge in [0, 0.05) is 13.0 Å². The van der Waals surface area contributed by atoms with Crippen molar-refractivity contribution in [2.45, 2.75) is 26.4 Å². The summed E-state index contributed by atoms with van der Waals surface area (Å²) in [5.74, 6) is -0.908. The van der Waals surface area contributed by atoms with Gasteiger partial charge in [0.25, 0.3) is 0 Å². The third-order valence-electron chi connectivity index (χ3n) is 4.07. The van der Waals surface area contributed by atoms with E-state index in [1.807, 2.05) is 6.92 Å². The second kappa shape index (κ2) is 6.43. The summed E-state index contributed by atoms with van der Waals surface area (Å²) in [6.07, 6.45) is 4.98. The molecule has 2 aliphatic rings. The van der Waals surface area contributed by atoms with Crippen molar-refractivity contribution in [3.05, 3.63) is 65.4 Å². The van der Waals surface area contributed by atoms with Gasteiger partial charge in [0.1, 0.15) is 17.7 Å². The molecule has 0 amide bonds. The van der Waals surface area contributed by atoms with Gasteiger partial charge in [-0.25, -0.2) is 4.39 Å². The Labute approximate surface area is 139 Å². The SMILES string of the molecule is CCC1=C[C@@H]2C(=O)C(c3ccc(F)cc3)=CO[C@@H]2C=C1OC(C)=O. The summed E-state index contributed by atoms with van der Waals surface area (Å²) >= 11 is 0. The average Bonchev–Trinajstić information content (AvgIpc) is 2.55. The zero-order chi connectivity index (χ0) is 17.3. The molecule has 1 heterocycles. The molecule has 0 fully saturated rings. The summed E-state index contributed by atoms with van der Waals surface area (Å²) in [5.41, 5.74) is 1.82. The molecule has 1 aliphatic carbocycles. The van der Waals surface area contributed by atoms with E-state index in [9.17, 15) is 14.0 Å². The van der Waals surface area contributed by atoms with E-state index in [1.165, 1.54) is 25.3 Å². The molecule has 0 saturated carbocycles. The number of ketones is 1. The number of carbonyl (C=O) groups excluding carboxylic acids is 2. The molecular weight excluding hydrogens is 311 g/mol. The number of esters is 1. The third kappa shape index (κ3) is 3.02. The Morgan fingerprint density at radius 2 is 1.96 bits per heavy atom. The van der Waals surface area contributed by atoms with Crippen molar-refractivity contribution in [1.29, 1.82) is 0 Å². The maximum absolute atomic E-state index is 13.1. The van der Waals surface area contributed by atoms with Gasteiger partial charge in [-0.3, -0.25) is 9.59 Å². The molecule has 0 unspecified atom stereocenters. The van der Waals surface area contributed by atoms with Crippen LogP contribution >= 0.6 is 0 Å². The molecule has 0 saturated heterocycles. The van der Waals surface area contributed by atoms with Gasteiger partial charge in [0.05, 0.1) is 17.8 Å². The highest BCUT2D eigenvalue weighted by Gasteiger charge is 2.37. The van der Waals surface area contributed by atoms with E-state index in [4.69, 9.17) is 9.47 Å². The van der Waals surface area contributed by atoms with Crippen molar-refractivity contribution in [1.82, 2.24) is 0 Å². The Bertz CT molecular complexity index is 771. The van der Waals surface area contributed by atoms with Crippen LogP contribution in [0.3, 0.4) is 0 Å². The number of rotatable bonds is 3. The normalized spacial score (nSPS) is 22.6. The van der Waals surface area contributed by atoms with Crippen LogP contribution in [0.5, 0.6) is 0 Å². The van der Waals surface area contributed by atoms with Gasteiger partial charge in [-0.15, -0.1) is 0 Å². The minimum Gasteiger partial charge on any atom is -0.492 e. The number of fused-ring (bicyclic) bond motifs is 1. The fourth-order valence-electron chi connectivity index (χ4n) is 2.87. The minimum absolute atomic E-state index is 0.0954. The molecule has 1 aliphatic heterocycles. The van der Waals surface area contributed by atoms with E-state index < -0.39 is 18.0 Å². The fraction of sp³-hybridized carbons (Fsp3) is 0.263. The lowest BCUT2D eigenvalue weighted by Gasteiger charge is -2.31. The predicted octanol–water partition coefficient (Wildman–Crippen LogP) is 3.55.